The molecule has 3 aliphatic heterocycles. The molecule has 3 amide bonds. The third-order valence-electron chi connectivity index (χ3n) is 7.50. The lowest BCUT2D eigenvalue weighted by atomic mass is 10.00. The zero-order valence-electron chi connectivity index (χ0n) is 20.0. The Kier molecular flexibility index (Phi) is 6.80. The molecular weight excluding hydrogens is 541 g/mol. The Morgan fingerprint density at radius 2 is 1.89 bits per heavy atom. The van der Waals surface area contributed by atoms with Crippen molar-refractivity contribution in [2.24, 2.45) is 5.92 Å². The fourth-order valence-electron chi connectivity index (χ4n) is 5.43. The van der Waals surface area contributed by atoms with Gasteiger partial charge in [0.05, 0.1) is 16.9 Å². The summed E-state index contributed by atoms with van der Waals surface area (Å²) in [6, 6.07) is 5.02. The van der Waals surface area contributed by atoms with E-state index in [1.807, 2.05) is 0 Å². The standard InChI is InChI=1S/C24H25F2N4O6PS/c25-24(26,37(34,35)36)15-4-7-19-14(8-15)9-20(38-19)21(31)28-17-3-1-2-16-5-6-18(30(16)22(17)32)23(33)29-11-13(10-27)12-29/h4,7-9,13,16-18H,1-3,5-6,11-12H2,(H,28,31)(H2,34,35,36)/t16-,17-,18-/m0/s1. The summed E-state index contributed by atoms with van der Waals surface area (Å²) >= 11 is 1.01. The number of benzene rings is 1. The van der Waals surface area contributed by atoms with Gasteiger partial charge in [0.15, 0.2) is 0 Å². The van der Waals surface area contributed by atoms with Gasteiger partial charge in [-0.25, -0.2) is 0 Å². The Bertz CT molecular complexity index is 1400. The summed E-state index contributed by atoms with van der Waals surface area (Å²) in [5.41, 5.74) is -5.23. The summed E-state index contributed by atoms with van der Waals surface area (Å²) in [7, 11) is -5.74. The molecule has 0 spiro atoms. The lowest BCUT2D eigenvalue weighted by Crippen LogP contribution is -2.59. The number of likely N-dealkylation sites (tertiary alicyclic amines) is 1. The van der Waals surface area contributed by atoms with Gasteiger partial charge in [0.2, 0.25) is 11.8 Å². The van der Waals surface area contributed by atoms with Gasteiger partial charge in [0.25, 0.3) is 5.91 Å². The largest absolute Gasteiger partial charge is 0.399 e. The molecular formula is C24H25F2N4O6PS. The number of nitrogens with zero attached hydrogens (tertiary/aromatic N) is 3. The molecule has 0 bridgehead atoms. The molecule has 10 nitrogen and oxygen atoms in total. The normalized spacial score (nSPS) is 24.5. The van der Waals surface area contributed by atoms with Crippen molar-refractivity contribution in [2.45, 2.75) is 55.9 Å². The number of halogens is 2. The lowest BCUT2D eigenvalue weighted by Gasteiger charge is -2.39. The van der Waals surface area contributed by atoms with E-state index in [0.29, 0.717) is 49.9 Å². The molecule has 202 valence electrons. The van der Waals surface area contributed by atoms with E-state index in [1.54, 1.807) is 9.80 Å². The summed E-state index contributed by atoms with van der Waals surface area (Å²) in [6.45, 7) is 0.707. The molecule has 14 heteroatoms. The van der Waals surface area contributed by atoms with Gasteiger partial charge in [-0.3, -0.25) is 18.9 Å². The summed E-state index contributed by atoms with van der Waals surface area (Å²) in [4.78, 5) is 61.0. The fourth-order valence-corrected chi connectivity index (χ4v) is 6.85. The van der Waals surface area contributed by atoms with Crippen molar-refractivity contribution in [3.8, 4) is 6.07 Å². The highest BCUT2D eigenvalue weighted by Crippen LogP contribution is 2.59. The van der Waals surface area contributed by atoms with Crippen molar-refractivity contribution in [3.05, 3.63) is 34.7 Å². The first-order chi connectivity index (χ1) is 17.9. The Balaban J connectivity index is 1.32. The van der Waals surface area contributed by atoms with Crippen LogP contribution in [-0.2, 0) is 19.8 Å². The van der Waals surface area contributed by atoms with Gasteiger partial charge in [-0.05, 0) is 55.7 Å². The van der Waals surface area contributed by atoms with E-state index in [4.69, 9.17) is 15.0 Å². The number of fused-ring (bicyclic) bond motifs is 2. The summed E-state index contributed by atoms with van der Waals surface area (Å²) in [5.74, 6) is -1.28. The highest BCUT2D eigenvalue weighted by Gasteiger charge is 2.50. The predicted molar refractivity (Wildman–Crippen MR) is 132 cm³/mol. The number of carbonyl (C=O) groups is 3. The molecule has 2 aromatic rings. The maximum absolute atomic E-state index is 14.1. The van der Waals surface area contributed by atoms with Gasteiger partial charge in [-0.15, -0.1) is 11.3 Å². The van der Waals surface area contributed by atoms with Crippen LogP contribution < -0.4 is 5.32 Å². The van der Waals surface area contributed by atoms with Crippen LogP contribution in [0.1, 0.15) is 47.3 Å². The Hall–Kier alpha value is -2.91. The molecule has 3 fully saturated rings. The average Bonchev–Trinajstić information content (AvgIpc) is 3.42. The Labute approximate surface area is 220 Å². The second-order valence-corrected chi connectivity index (χ2v) is 12.7. The van der Waals surface area contributed by atoms with Gasteiger partial charge >= 0.3 is 13.3 Å². The number of hydrogen-bond acceptors (Lipinski definition) is 6. The van der Waals surface area contributed by atoms with Crippen LogP contribution in [0.25, 0.3) is 10.1 Å². The Morgan fingerprint density at radius 1 is 1.16 bits per heavy atom. The topological polar surface area (TPSA) is 151 Å². The Morgan fingerprint density at radius 3 is 2.58 bits per heavy atom. The lowest BCUT2D eigenvalue weighted by molar-refractivity contribution is -0.149. The van der Waals surface area contributed by atoms with E-state index in [0.717, 1.165) is 23.5 Å². The van der Waals surface area contributed by atoms with Crippen LogP contribution >= 0.6 is 18.9 Å². The van der Waals surface area contributed by atoms with Gasteiger partial charge in [0.1, 0.15) is 12.1 Å². The SMILES string of the molecule is N#CC1CN(C(=O)[C@@H]2CC[C@@H]3CCC[C@H](NC(=O)c4cc5cc(C(F)(F)P(=O)(O)O)ccc5s4)C(=O)N32)C1. The molecule has 0 aliphatic carbocycles. The number of alkyl halides is 2. The van der Waals surface area contributed by atoms with Crippen molar-refractivity contribution >= 4 is 46.7 Å². The molecule has 3 saturated heterocycles. The van der Waals surface area contributed by atoms with E-state index in [2.05, 4.69) is 11.4 Å². The first-order valence-electron chi connectivity index (χ1n) is 12.2. The van der Waals surface area contributed by atoms with Gasteiger partial charge in [0, 0.05) is 29.4 Å². The van der Waals surface area contributed by atoms with Crippen LogP contribution in [0, 0.1) is 17.2 Å². The third-order valence-corrected chi connectivity index (χ3v) is 9.61. The number of carbonyl (C=O) groups excluding carboxylic acids is 3. The number of nitriles is 1. The van der Waals surface area contributed by atoms with Crippen molar-refractivity contribution in [1.82, 2.24) is 15.1 Å². The number of rotatable bonds is 5. The van der Waals surface area contributed by atoms with Crippen LogP contribution in [-0.4, -0.2) is 68.5 Å². The molecule has 3 aliphatic rings. The number of nitrogens with one attached hydrogen (secondary N) is 1. The molecule has 1 aromatic heterocycles. The van der Waals surface area contributed by atoms with Gasteiger partial charge in [-0.2, -0.15) is 14.0 Å². The highest BCUT2D eigenvalue weighted by molar-refractivity contribution is 7.52. The molecule has 3 N–H and O–H groups in total. The minimum atomic E-state index is -5.74. The first kappa shape index (κ1) is 26.7. The maximum Gasteiger partial charge on any atom is 0.399 e. The summed E-state index contributed by atoms with van der Waals surface area (Å²) in [6.07, 6.45) is 2.99. The molecule has 0 saturated carbocycles. The van der Waals surface area contributed by atoms with Crippen LogP contribution in [0.2, 0.25) is 0 Å². The van der Waals surface area contributed by atoms with E-state index >= 15 is 0 Å². The summed E-state index contributed by atoms with van der Waals surface area (Å²) in [5, 5.41) is 12.0. The quantitative estimate of drug-likeness (QED) is 0.471. The number of thiophene rings is 1. The highest BCUT2D eigenvalue weighted by atomic mass is 32.1. The molecule has 0 radical (unpaired) electrons. The van der Waals surface area contributed by atoms with Crippen LogP contribution in [0.15, 0.2) is 24.3 Å². The van der Waals surface area contributed by atoms with Crippen molar-refractivity contribution in [3.63, 3.8) is 0 Å². The predicted octanol–water partition coefficient (Wildman–Crippen LogP) is 2.75. The van der Waals surface area contributed by atoms with E-state index in [9.17, 15) is 27.7 Å². The maximum atomic E-state index is 14.1. The molecule has 38 heavy (non-hydrogen) atoms. The molecule has 4 heterocycles. The van der Waals surface area contributed by atoms with E-state index in [1.165, 1.54) is 12.1 Å². The fraction of sp³-hybridized carbons (Fsp3) is 0.500. The summed E-state index contributed by atoms with van der Waals surface area (Å²) < 4.78 is 40.0. The molecule has 0 unspecified atom stereocenters. The number of amides is 3. The molecule has 3 atom stereocenters. The minimum Gasteiger partial charge on any atom is -0.340 e. The van der Waals surface area contributed by atoms with Crippen LogP contribution in [0.3, 0.4) is 0 Å². The smallest absolute Gasteiger partial charge is 0.340 e. The van der Waals surface area contributed by atoms with E-state index < -0.39 is 36.8 Å². The van der Waals surface area contributed by atoms with Crippen molar-refractivity contribution in [2.75, 3.05) is 13.1 Å². The number of hydrogen-bond donors (Lipinski definition) is 3. The second kappa shape index (κ2) is 9.68. The zero-order chi connectivity index (χ0) is 27.4. The van der Waals surface area contributed by atoms with Crippen LogP contribution in [0.4, 0.5) is 8.78 Å². The zero-order valence-corrected chi connectivity index (χ0v) is 21.8. The van der Waals surface area contributed by atoms with Gasteiger partial charge < -0.3 is 24.9 Å². The monoisotopic (exact) mass is 566 g/mol. The third kappa shape index (κ3) is 4.60. The van der Waals surface area contributed by atoms with Gasteiger partial charge in [-0.1, -0.05) is 6.07 Å². The second-order valence-electron chi connectivity index (χ2n) is 9.97. The average molecular weight is 567 g/mol. The minimum absolute atomic E-state index is 0.0927. The van der Waals surface area contributed by atoms with E-state index in [-0.39, 0.29) is 34.0 Å². The van der Waals surface area contributed by atoms with Crippen molar-refractivity contribution in [1.29, 1.82) is 5.26 Å². The van der Waals surface area contributed by atoms with Crippen molar-refractivity contribution < 1.29 is 37.5 Å². The van der Waals surface area contributed by atoms with Crippen LogP contribution in [0.5, 0.6) is 0 Å². The molecule has 1 aromatic carbocycles. The molecule has 5 rings (SSSR count). The first-order valence-corrected chi connectivity index (χ1v) is 14.6.